The summed E-state index contributed by atoms with van der Waals surface area (Å²) in [6.07, 6.45) is 3.75. The van der Waals surface area contributed by atoms with E-state index in [2.05, 4.69) is 22.4 Å². The lowest BCUT2D eigenvalue weighted by Gasteiger charge is -2.30. The first-order chi connectivity index (χ1) is 12.6. The summed E-state index contributed by atoms with van der Waals surface area (Å²) in [4.78, 5) is 18.3. The predicted octanol–water partition coefficient (Wildman–Crippen LogP) is 2.81. The van der Waals surface area contributed by atoms with Crippen LogP contribution in [0, 0.1) is 5.92 Å². The van der Waals surface area contributed by atoms with Crippen molar-refractivity contribution in [3.63, 3.8) is 0 Å². The van der Waals surface area contributed by atoms with E-state index in [1.165, 1.54) is 11.3 Å². The van der Waals surface area contributed by atoms with Crippen LogP contribution in [0.15, 0.2) is 34.7 Å². The minimum Gasteiger partial charge on any atom is -0.483 e. The van der Waals surface area contributed by atoms with Gasteiger partial charge in [-0.05, 0) is 30.9 Å². The number of carbonyl (C=O) groups excluding carboxylic acids is 1. The molecule has 1 aliphatic rings. The van der Waals surface area contributed by atoms with Crippen molar-refractivity contribution in [1.82, 2.24) is 9.88 Å². The van der Waals surface area contributed by atoms with E-state index in [1.807, 2.05) is 29.2 Å². The number of ether oxygens (including phenoxy) is 1. The lowest BCUT2D eigenvalue weighted by Crippen LogP contribution is -2.40. The molecule has 2 heterocycles. The average molecular weight is 373 g/mol. The fraction of sp³-hybridized carbons (Fsp3) is 0.389. The Balaban J connectivity index is 1.55. The van der Waals surface area contributed by atoms with Crippen LogP contribution in [0.5, 0.6) is 5.75 Å². The summed E-state index contributed by atoms with van der Waals surface area (Å²) >= 11 is 1.38. The topological polar surface area (TPSA) is 92.8 Å². The number of thiazole rings is 1. The summed E-state index contributed by atoms with van der Waals surface area (Å²) in [7, 11) is 0. The van der Waals surface area contributed by atoms with Crippen molar-refractivity contribution in [1.29, 1.82) is 0 Å². The van der Waals surface area contributed by atoms with E-state index in [0.29, 0.717) is 22.6 Å². The van der Waals surface area contributed by atoms with Gasteiger partial charge in [-0.25, -0.2) is 4.98 Å². The molecule has 0 radical (unpaired) electrons. The molecule has 26 heavy (non-hydrogen) atoms. The van der Waals surface area contributed by atoms with Gasteiger partial charge < -0.3 is 15.4 Å². The number of piperidine rings is 1. The molecule has 1 aromatic heterocycles. The van der Waals surface area contributed by atoms with Crippen LogP contribution in [-0.2, 0) is 4.79 Å². The van der Waals surface area contributed by atoms with E-state index in [-0.39, 0.29) is 12.5 Å². The molecule has 0 spiro atoms. The van der Waals surface area contributed by atoms with Crippen LogP contribution < -0.4 is 15.9 Å². The standard InChI is InChI=1S/C18H23N5O2S/c1-13-6-8-23(9-7-13)17(24)11-25-15-5-3-2-4-14(15)10-20-22-18-21-16(19)12-26-18/h2-5,10,12-13H,6-9,11,19H2,1H3,(H,21,22). The summed E-state index contributed by atoms with van der Waals surface area (Å²) in [6, 6.07) is 7.47. The van der Waals surface area contributed by atoms with Crippen molar-refractivity contribution in [3.8, 4) is 5.75 Å². The van der Waals surface area contributed by atoms with Gasteiger partial charge in [-0.3, -0.25) is 10.2 Å². The highest BCUT2D eigenvalue weighted by Crippen LogP contribution is 2.19. The van der Waals surface area contributed by atoms with Crippen LogP contribution in [0.2, 0.25) is 0 Å². The number of likely N-dealkylation sites (tertiary alicyclic amines) is 1. The van der Waals surface area contributed by atoms with Gasteiger partial charge in [0.1, 0.15) is 11.6 Å². The number of carbonyl (C=O) groups is 1. The van der Waals surface area contributed by atoms with Crippen LogP contribution in [-0.4, -0.2) is 41.7 Å². The molecule has 7 nitrogen and oxygen atoms in total. The van der Waals surface area contributed by atoms with Crippen molar-refractivity contribution in [2.45, 2.75) is 19.8 Å². The molecule has 8 heteroatoms. The van der Waals surface area contributed by atoms with E-state index in [9.17, 15) is 4.79 Å². The molecule has 2 aromatic rings. The fourth-order valence-electron chi connectivity index (χ4n) is 2.70. The normalized spacial score (nSPS) is 15.3. The van der Waals surface area contributed by atoms with E-state index >= 15 is 0 Å². The van der Waals surface area contributed by atoms with E-state index in [4.69, 9.17) is 10.5 Å². The molecule has 1 aromatic carbocycles. The van der Waals surface area contributed by atoms with Gasteiger partial charge in [0, 0.05) is 24.0 Å². The Morgan fingerprint density at radius 1 is 1.46 bits per heavy atom. The second-order valence-electron chi connectivity index (χ2n) is 6.34. The van der Waals surface area contributed by atoms with Gasteiger partial charge in [0.25, 0.3) is 5.91 Å². The lowest BCUT2D eigenvalue weighted by atomic mass is 9.99. The number of hydrogen-bond acceptors (Lipinski definition) is 7. The third-order valence-electron chi connectivity index (χ3n) is 4.29. The predicted molar refractivity (Wildman–Crippen MR) is 105 cm³/mol. The molecule has 138 valence electrons. The molecule has 0 aliphatic carbocycles. The summed E-state index contributed by atoms with van der Waals surface area (Å²) in [6.45, 7) is 3.89. The van der Waals surface area contributed by atoms with Crippen molar-refractivity contribution >= 4 is 34.4 Å². The highest BCUT2D eigenvalue weighted by Gasteiger charge is 2.20. The molecule has 0 saturated carbocycles. The second kappa shape index (κ2) is 8.66. The van der Waals surface area contributed by atoms with Crippen LogP contribution >= 0.6 is 11.3 Å². The van der Waals surface area contributed by atoms with E-state index < -0.39 is 0 Å². The SMILES string of the molecule is CC1CCN(C(=O)COc2ccccc2C=NNc2nc(N)cs2)CC1. The summed E-state index contributed by atoms with van der Waals surface area (Å²) < 4.78 is 5.74. The Morgan fingerprint density at radius 3 is 2.96 bits per heavy atom. The molecule has 1 fully saturated rings. The molecular formula is C18H23N5O2S. The fourth-order valence-corrected chi connectivity index (χ4v) is 3.25. The third kappa shape index (κ3) is 4.95. The van der Waals surface area contributed by atoms with Crippen molar-refractivity contribution in [2.24, 2.45) is 11.0 Å². The first kappa shape index (κ1) is 18.2. The number of nitrogens with zero attached hydrogens (tertiary/aromatic N) is 3. The number of rotatable bonds is 6. The van der Waals surface area contributed by atoms with Crippen molar-refractivity contribution < 1.29 is 9.53 Å². The maximum Gasteiger partial charge on any atom is 0.260 e. The Kier molecular flexibility index (Phi) is 6.06. The number of hydrazone groups is 1. The van der Waals surface area contributed by atoms with Gasteiger partial charge in [0.05, 0.1) is 6.21 Å². The van der Waals surface area contributed by atoms with E-state index in [1.54, 1.807) is 11.6 Å². The monoisotopic (exact) mass is 373 g/mol. The molecule has 1 aliphatic heterocycles. The molecule has 3 N–H and O–H groups in total. The molecule has 0 unspecified atom stereocenters. The maximum absolute atomic E-state index is 12.3. The van der Waals surface area contributed by atoms with Crippen molar-refractivity contribution in [2.75, 3.05) is 30.9 Å². The van der Waals surface area contributed by atoms with Crippen molar-refractivity contribution in [3.05, 3.63) is 35.2 Å². The highest BCUT2D eigenvalue weighted by atomic mass is 32.1. The molecule has 3 rings (SSSR count). The quantitative estimate of drug-likeness (QED) is 0.600. The zero-order chi connectivity index (χ0) is 18.4. The Labute approximate surface area is 156 Å². The molecule has 0 atom stereocenters. The van der Waals surface area contributed by atoms with Crippen LogP contribution in [0.1, 0.15) is 25.3 Å². The molecule has 0 bridgehead atoms. The van der Waals surface area contributed by atoms with Gasteiger partial charge in [-0.2, -0.15) is 5.10 Å². The first-order valence-electron chi connectivity index (χ1n) is 8.61. The van der Waals surface area contributed by atoms with Crippen LogP contribution in [0.25, 0.3) is 0 Å². The minimum atomic E-state index is 0.0278. The smallest absolute Gasteiger partial charge is 0.260 e. The first-order valence-corrected chi connectivity index (χ1v) is 9.49. The Hall–Kier alpha value is -2.61. The number of nitrogen functional groups attached to an aromatic ring is 1. The lowest BCUT2D eigenvalue weighted by molar-refractivity contribution is -0.134. The van der Waals surface area contributed by atoms with E-state index in [0.717, 1.165) is 31.5 Å². The molecular weight excluding hydrogens is 350 g/mol. The molecule has 1 saturated heterocycles. The number of nitrogens with two attached hydrogens (primary N) is 1. The minimum absolute atomic E-state index is 0.0278. The third-order valence-corrected chi connectivity index (χ3v) is 5.06. The number of aromatic nitrogens is 1. The maximum atomic E-state index is 12.3. The van der Waals surface area contributed by atoms with Gasteiger partial charge in [-0.1, -0.05) is 19.1 Å². The zero-order valence-corrected chi connectivity index (χ0v) is 15.5. The average Bonchev–Trinajstić information content (AvgIpc) is 3.06. The zero-order valence-electron chi connectivity index (χ0n) is 14.7. The second-order valence-corrected chi connectivity index (χ2v) is 7.20. The summed E-state index contributed by atoms with van der Waals surface area (Å²) in [5.41, 5.74) is 9.18. The number of amides is 1. The number of benzene rings is 1. The Morgan fingerprint density at radius 2 is 2.23 bits per heavy atom. The van der Waals surface area contributed by atoms with Crippen LogP contribution in [0.4, 0.5) is 10.9 Å². The largest absolute Gasteiger partial charge is 0.483 e. The van der Waals surface area contributed by atoms with Gasteiger partial charge in [0.2, 0.25) is 5.13 Å². The number of anilines is 2. The number of para-hydroxylation sites is 1. The van der Waals surface area contributed by atoms with Crippen LogP contribution in [0.3, 0.4) is 0 Å². The number of nitrogens with one attached hydrogen (secondary N) is 1. The highest BCUT2D eigenvalue weighted by molar-refractivity contribution is 7.14. The molecule has 1 amide bonds. The van der Waals surface area contributed by atoms with Gasteiger partial charge in [0.15, 0.2) is 6.61 Å². The Bertz CT molecular complexity index is 768. The van der Waals surface area contributed by atoms with Gasteiger partial charge >= 0.3 is 0 Å². The summed E-state index contributed by atoms with van der Waals surface area (Å²) in [5, 5.41) is 6.51. The van der Waals surface area contributed by atoms with Gasteiger partial charge in [-0.15, -0.1) is 11.3 Å². The summed E-state index contributed by atoms with van der Waals surface area (Å²) in [5.74, 6) is 1.80. The number of hydrogen-bond donors (Lipinski definition) is 2.